The fraction of sp³-hybridized carbons (Fsp3) is 0.167. The number of carbonyl (C=O) groups excluding carboxylic acids is 1. The number of benzene rings is 2. The van der Waals surface area contributed by atoms with E-state index in [0.29, 0.717) is 17.9 Å². The Morgan fingerprint density at radius 2 is 2.09 bits per heavy atom. The Bertz CT molecular complexity index is 740. The van der Waals surface area contributed by atoms with Gasteiger partial charge in [0.25, 0.3) is 0 Å². The van der Waals surface area contributed by atoms with Gasteiger partial charge >= 0.3 is 0 Å². The summed E-state index contributed by atoms with van der Waals surface area (Å²) in [7, 11) is 1.58. The third-order valence-electron chi connectivity index (χ3n) is 3.45. The van der Waals surface area contributed by atoms with Crippen LogP contribution < -0.4 is 19.5 Å². The van der Waals surface area contributed by atoms with Gasteiger partial charge in [-0.1, -0.05) is 18.2 Å². The third kappa shape index (κ3) is 3.63. The number of hydrogen-bond donors (Lipinski definition) is 1. The van der Waals surface area contributed by atoms with Crippen LogP contribution in [-0.4, -0.2) is 19.7 Å². The van der Waals surface area contributed by atoms with Gasteiger partial charge < -0.3 is 19.5 Å². The number of ketones is 1. The summed E-state index contributed by atoms with van der Waals surface area (Å²) < 4.78 is 15.7. The van der Waals surface area contributed by atoms with Crippen LogP contribution in [0.25, 0.3) is 0 Å². The quantitative estimate of drug-likeness (QED) is 0.656. The Kier molecular flexibility index (Phi) is 4.47. The molecule has 0 saturated heterocycles. The zero-order valence-electron chi connectivity index (χ0n) is 12.7. The number of nitrogens with one attached hydrogen (secondary N) is 1. The number of fused-ring (bicyclic) bond motifs is 1. The van der Waals surface area contributed by atoms with Crippen LogP contribution in [-0.2, 0) is 6.54 Å². The molecule has 1 aliphatic rings. The van der Waals surface area contributed by atoms with Gasteiger partial charge in [0.15, 0.2) is 17.3 Å². The highest BCUT2D eigenvalue weighted by Gasteiger charge is 2.12. The van der Waals surface area contributed by atoms with Gasteiger partial charge in [-0.15, -0.1) is 0 Å². The van der Waals surface area contributed by atoms with Gasteiger partial charge in [-0.05, 0) is 29.8 Å². The van der Waals surface area contributed by atoms with Crippen molar-refractivity contribution in [1.29, 1.82) is 0 Å². The Morgan fingerprint density at radius 3 is 2.96 bits per heavy atom. The molecule has 0 bridgehead atoms. The molecular weight excluding hydrogens is 294 g/mol. The van der Waals surface area contributed by atoms with Crippen molar-refractivity contribution in [2.24, 2.45) is 0 Å². The molecule has 0 atom stereocenters. The molecule has 23 heavy (non-hydrogen) atoms. The zero-order chi connectivity index (χ0) is 16.1. The van der Waals surface area contributed by atoms with Crippen LogP contribution in [0.4, 0.5) is 0 Å². The number of ether oxygens (including phenoxy) is 3. The third-order valence-corrected chi connectivity index (χ3v) is 3.45. The molecule has 5 nitrogen and oxygen atoms in total. The maximum Gasteiger partial charge on any atom is 0.231 e. The standard InChI is InChI=1S/C18H17NO4/c1-21-15-4-2-3-14(10-15)16(20)7-8-19-11-13-5-6-17-18(9-13)23-12-22-17/h2-10,19H,11-12H2,1H3. The number of hydrogen-bond acceptors (Lipinski definition) is 5. The summed E-state index contributed by atoms with van der Waals surface area (Å²) >= 11 is 0. The van der Waals surface area contributed by atoms with Crippen molar-refractivity contribution in [2.45, 2.75) is 6.54 Å². The highest BCUT2D eigenvalue weighted by Crippen LogP contribution is 2.32. The van der Waals surface area contributed by atoms with E-state index in [4.69, 9.17) is 14.2 Å². The van der Waals surface area contributed by atoms with E-state index in [1.54, 1.807) is 37.6 Å². The number of rotatable bonds is 6. The molecule has 3 rings (SSSR count). The second-order valence-electron chi connectivity index (χ2n) is 5.00. The van der Waals surface area contributed by atoms with Crippen molar-refractivity contribution in [1.82, 2.24) is 5.32 Å². The van der Waals surface area contributed by atoms with Crippen molar-refractivity contribution in [3.63, 3.8) is 0 Å². The number of carbonyl (C=O) groups is 1. The molecule has 0 aromatic heterocycles. The minimum atomic E-state index is -0.0814. The van der Waals surface area contributed by atoms with E-state index in [-0.39, 0.29) is 12.6 Å². The van der Waals surface area contributed by atoms with E-state index in [0.717, 1.165) is 17.1 Å². The largest absolute Gasteiger partial charge is 0.497 e. The summed E-state index contributed by atoms with van der Waals surface area (Å²) in [5, 5.41) is 3.09. The Hall–Kier alpha value is -2.95. The SMILES string of the molecule is COc1cccc(C(=O)C=CNCc2ccc3c(c2)OCO3)c1. The first-order chi connectivity index (χ1) is 11.3. The second-order valence-corrected chi connectivity index (χ2v) is 5.00. The van der Waals surface area contributed by atoms with E-state index in [1.807, 2.05) is 18.2 Å². The lowest BCUT2D eigenvalue weighted by Gasteiger charge is -2.03. The first kappa shape index (κ1) is 15.0. The van der Waals surface area contributed by atoms with E-state index in [9.17, 15) is 4.79 Å². The smallest absolute Gasteiger partial charge is 0.231 e. The van der Waals surface area contributed by atoms with Gasteiger partial charge in [-0.3, -0.25) is 4.79 Å². The van der Waals surface area contributed by atoms with E-state index in [1.165, 1.54) is 6.08 Å². The minimum absolute atomic E-state index is 0.0814. The van der Waals surface area contributed by atoms with Crippen LogP contribution in [0.5, 0.6) is 17.2 Å². The first-order valence-electron chi connectivity index (χ1n) is 7.23. The van der Waals surface area contributed by atoms with Gasteiger partial charge in [-0.25, -0.2) is 0 Å². The molecule has 2 aromatic carbocycles. The number of methoxy groups -OCH3 is 1. The summed E-state index contributed by atoms with van der Waals surface area (Å²) in [6.07, 6.45) is 3.15. The lowest BCUT2D eigenvalue weighted by Crippen LogP contribution is -2.06. The molecule has 0 fully saturated rings. The predicted octanol–water partition coefficient (Wildman–Crippen LogP) is 2.91. The maximum absolute atomic E-state index is 12.1. The van der Waals surface area contributed by atoms with Gasteiger partial charge in [0.05, 0.1) is 7.11 Å². The summed E-state index contributed by atoms with van der Waals surface area (Å²) in [4.78, 5) is 12.1. The molecule has 0 spiro atoms. The van der Waals surface area contributed by atoms with Crippen molar-refractivity contribution >= 4 is 5.78 Å². The van der Waals surface area contributed by atoms with Crippen molar-refractivity contribution in [3.05, 3.63) is 65.9 Å². The number of allylic oxidation sites excluding steroid dienone is 1. The molecule has 5 heteroatoms. The summed E-state index contributed by atoms with van der Waals surface area (Å²) in [6.45, 7) is 0.861. The summed E-state index contributed by atoms with van der Waals surface area (Å²) in [6, 6.07) is 12.8. The highest BCUT2D eigenvalue weighted by molar-refractivity contribution is 6.04. The van der Waals surface area contributed by atoms with Crippen LogP contribution >= 0.6 is 0 Å². The first-order valence-corrected chi connectivity index (χ1v) is 7.23. The molecule has 2 aromatic rings. The molecule has 0 saturated carbocycles. The van der Waals surface area contributed by atoms with Gasteiger partial charge in [0, 0.05) is 24.4 Å². The lowest BCUT2D eigenvalue weighted by molar-refractivity contribution is 0.104. The fourth-order valence-corrected chi connectivity index (χ4v) is 2.23. The molecule has 0 unspecified atom stereocenters. The zero-order valence-corrected chi connectivity index (χ0v) is 12.7. The molecule has 0 aliphatic carbocycles. The Morgan fingerprint density at radius 1 is 1.22 bits per heavy atom. The molecule has 118 valence electrons. The Balaban J connectivity index is 1.55. The van der Waals surface area contributed by atoms with Crippen molar-refractivity contribution in [3.8, 4) is 17.2 Å². The van der Waals surface area contributed by atoms with E-state index in [2.05, 4.69) is 5.32 Å². The van der Waals surface area contributed by atoms with Crippen LogP contribution in [0.15, 0.2) is 54.7 Å². The monoisotopic (exact) mass is 311 g/mol. The average Bonchev–Trinajstić information content (AvgIpc) is 3.06. The molecular formula is C18H17NO4. The van der Waals surface area contributed by atoms with Gasteiger partial charge in [-0.2, -0.15) is 0 Å². The average molecular weight is 311 g/mol. The van der Waals surface area contributed by atoms with Crippen LogP contribution in [0.3, 0.4) is 0 Å². The second kappa shape index (κ2) is 6.87. The van der Waals surface area contributed by atoms with E-state index < -0.39 is 0 Å². The highest BCUT2D eigenvalue weighted by atomic mass is 16.7. The molecule has 1 aliphatic heterocycles. The van der Waals surface area contributed by atoms with Crippen LogP contribution in [0.1, 0.15) is 15.9 Å². The van der Waals surface area contributed by atoms with Crippen LogP contribution in [0.2, 0.25) is 0 Å². The molecule has 0 amide bonds. The molecule has 1 heterocycles. The normalized spacial score (nSPS) is 12.4. The van der Waals surface area contributed by atoms with Crippen molar-refractivity contribution in [2.75, 3.05) is 13.9 Å². The molecule has 1 N–H and O–H groups in total. The molecule has 0 radical (unpaired) electrons. The lowest BCUT2D eigenvalue weighted by atomic mass is 10.1. The van der Waals surface area contributed by atoms with Crippen molar-refractivity contribution < 1.29 is 19.0 Å². The van der Waals surface area contributed by atoms with Crippen LogP contribution in [0, 0.1) is 0 Å². The minimum Gasteiger partial charge on any atom is -0.497 e. The summed E-state index contributed by atoms with van der Waals surface area (Å²) in [5.41, 5.74) is 1.64. The van der Waals surface area contributed by atoms with E-state index >= 15 is 0 Å². The predicted molar refractivity (Wildman–Crippen MR) is 85.9 cm³/mol. The van der Waals surface area contributed by atoms with Gasteiger partial charge in [0.2, 0.25) is 6.79 Å². The maximum atomic E-state index is 12.1. The topological polar surface area (TPSA) is 56.8 Å². The summed E-state index contributed by atoms with van der Waals surface area (Å²) in [5.74, 6) is 2.10. The van der Waals surface area contributed by atoms with Gasteiger partial charge in [0.1, 0.15) is 5.75 Å². The Labute approximate surface area is 134 Å². The fourth-order valence-electron chi connectivity index (χ4n) is 2.23.